The van der Waals surface area contributed by atoms with E-state index in [2.05, 4.69) is 10.4 Å². The Bertz CT molecular complexity index is 852. The molecule has 0 aliphatic rings. The Morgan fingerprint density at radius 1 is 1.19 bits per heavy atom. The number of anilines is 1. The highest BCUT2D eigenvalue weighted by molar-refractivity contribution is 6.39. The van der Waals surface area contributed by atoms with Gasteiger partial charge in [-0.05, 0) is 36.2 Å². The van der Waals surface area contributed by atoms with Crippen LogP contribution in [0.4, 0.5) is 10.1 Å². The molecule has 142 valence electrons. The van der Waals surface area contributed by atoms with E-state index in [-0.39, 0.29) is 5.69 Å². The highest BCUT2D eigenvalue weighted by Crippen LogP contribution is 2.33. The fraction of sp³-hybridized carbons (Fsp3) is 0.167. The number of hydrogen-bond donors (Lipinski definition) is 2. The summed E-state index contributed by atoms with van der Waals surface area (Å²) in [6.07, 6.45) is 2.06. The first kappa shape index (κ1) is 20.7. The van der Waals surface area contributed by atoms with E-state index >= 15 is 0 Å². The fourth-order valence-electron chi connectivity index (χ4n) is 1.95. The van der Waals surface area contributed by atoms with Gasteiger partial charge in [0.15, 0.2) is 5.75 Å². The number of para-hydroxylation sites is 1. The van der Waals surface area contributed by atoms with Crippen LogP contribution in [0.1, 0.15) is 18.9 Å². The summed E-state index contributed by atoms with van der Waals surface area (Å²) in [6.45, 7) is 2.42. The molecule has 2 rings (SSSR count). The summed E-state index contributed by atoms with van der Waals surface area (Å²) >= 11 is 12.2. The van der Waals surface area contributed by atoms with E-state index in [1.165, 1.54) is 24.4 Å². The van der Waals surface area contributed by atoms with Gasteiger partial charge < -0.3 is 10.1 Å². The van der Waals surface area contributed by atoms with E-state index in [0.717, 1.165) is 12.5 Å². The van der Waals surface area contributed by atoms with Gasteiger partial charge in [-0.2, -0.15) is 5.10 Å². The van der Waals surface area contributed by atoms with Gasteiger partial charge >= 0.3 is 11.8 Å². The third-order valence-electron chi connectivity index (χ3n) is 3.18. The Morgan fingerprint density at radius 3 is 2.48 bits per heavy atom. The summed E-state index contributed by atoms with van der Waals surface area (Å²) in [6, 6.07) is 8.57. The van der Waals surface area contributed by atoms with Crippen LogP contribution in [0.3, 0.4) is 0 Å². The Labute approximate surface area is 165 Å². The molecule has 6 nitrogen and oxygen atoms in total. The van der Waals surface area contributed by atoms with Crippen LogP contribution < -0.4 is 15.5 Å². The molecule has 2 aromatic rings. The van der Waals surface area contributed by atoms with Crippen molar-refractivity contribution in [2.45, 2.75) is 13.3 Å². The zero-order chi connectivity index (χ0) is 19.8. The number of ether oxygens (including phenoxy) is 1. The predicted octanol–water partition coefficient (Wildman–Crippen LogP) is 4.01. The lowest BCUT2D eigenvalue weighted by Crippen LogP contribution is -2.32. The Balaban J connectivity index is 1.97. The highest BCUT2D eigenvalue weighted by atomic mass is 35.5. The van der Waals surface area contributed by atoms with Crippen molar-refractivity contribution in [3.8, 4) is 5.75 Å². The first-order chi connectivity index (χ1) is 12.9. The maximum absolute atomic E-state index is 13.5. The zero-order valence-electron chi connectivity index (χ0n) is 14.3. The van der Waals surface area contributed by atoms with Crippen molar-refractivity contribution in [1.82, 2.24) is 5.43 Å². The van der Waals surface area contributed by atoms with E-state index in [0.29, 0.717) is 28.0 Å². The van der Waals surface area contributed by atoms with Crippen molar-refractivity contribution in [1.29, 1.82) is 0 Å². The lowest BCUT2D eigenvalue weighted by Gasteiger charge is -2.09. The van der Waals surface area contributed by atoms with Gasteiger partial charge in [0.25, 0.3) is 0 Å². The van der Waals surface area contributed by atoms with Crippen LogP contribution in [0, 0.1) is 5.82 Å². The summed E-state index contributed by atoms with van der Waals surface area (Å²) in [5.74, 6) is -2.41. The quantitative estimate of drug-likeness (QED) is 0.428. The Morgan fingerprint density at radius 2 is 1.85 bits per heavy atom. The smallest absolute Gasteiger partial charge is 0.329 e. The average Bonchev–Trinajstić information content (AvgIpc) is 2.63. The molecule has 0 saturated heterocycles. The van der Waals surface area contributed by atoms with E-state index in [4.69, 9.17) is 27.9 Å². The first-order valence-corrected chi connectivity index (χ1v) is 8.68. The second-order valence-electron chi connectivity index (χ2n) is 5.30. The highest BCUT2D eigenvalue weighted by Gasteiger charge is 2.15. The third-order valence-corrected chi connectivity index (χ3v) is 3.74. The summed E-state index contributed by atoms with van der Waals surface area (Å²) in [5.41, 5.74) is 2.42. The van der Waals surface area contributed by atoms with E-state index < -0.39 is 17.6 Å². The summed E-state index contributed by atoms with van der Waals surface area (Å²) in [7, 11) is 0. The average molecular weight is 412 g/mol. The molecule has 27 heavy (non-hydrogen) atoms. The van der Waals surface area contributed by atoms with Gasteiger partial charge in [-0.25, -0.2) is 9.82 Å². The van der Waals surface area contributed by atoms with Crippen LogP contribution >= 0.6 is 23.2 Å². The van der Waals surface area contributed by atoms with Gasteiger partial charge in [0.1, 0.15) is 5.82 Å². The summed E-state index contributed by atoms with van der Waals surface area (Å²) in [4.78, 5) is 23.5. The molecule has 0 aromatic heterocycles. The predicted molar refractivity (Wildman–Crippen MR) is 103 cm³/mol. The van der Waals surface area contributed by atoms with Crippen LogP contribution in [-0.2, 0) is 9.59 Å². The van der Waals surface area contributed by atoms with E-state index in [1.807, 2.05) is 12.3 Å². The number of amides is 2. The van der Waals surface area contributed by atoms with Gasteiger partial charge in [0, 0.05) is 0 Å². The van der Waals surface area contributed by atoms with Crippen LogP contribution in [-0.4, -0.2) is 24.6 Å². The van der Waals surface area contributed by atoms with Crippen molar-refractivity contribution < 1.29 is 18.7 Å². The minimum absolute atomic E-state index is 0.108. The van der Waals surface area contributed by atoms with Crippen LogP contribution in [0.15, 0.2) is 41.5 Å². The lowest BCUT2D eigenvalue weighted by molar-refractivity contribution is -0.136. The van der Waals surface area contributed by atoms with Crippen LogP contribution in [0.2, 0.25) is 10.0 Å². The minimum Gasteiger partial charge on any atom is -0.490 e. The molecule has 2 aromatic carbocycles. The lowest BCUT2D eigenvalue weighted by atomic mass is 10.2. The Hall–Kier alpha value is -2.64. The monoisotopic (exact) mass is 411 g/mol. The first-order valence-electron chi connectivity index (χ1n) is 7.93. The van der Waals surface area contributed by atoms with Gasteiger partial charge in [-0.3, -0.25) is 9.59 Å². The number of carbonyl (C=O) groups is 2. The molecule has 0 aliphatic carbocycles. The molecule has 2 amide bonds. The summed E-state index contributed by atoms with van der Waals surface area (Å²) in [5, 5.41) is 6.39. The van der Waals surface area contributed by atoms with Crippen molar-refractivity contribution >= 4 is 46.9 Å². The molecule has 0 spiro atoms. The maximum atomic E-state index is 13.5. The topological polar surface area (TPSA) is 79.8 Å². The number of benzene rings is 2. The minimum atomic E-state index is -1.06. The molecule has 0 aliphatic heterocycles. The molecule has 2 N–H and O–H groups in total. The van der Waals surface area contributed by atoms with E-state index in [1.54, 1.807) is 12.1 Å². The molecular formula is C18H16Cl2FN3O3. The third kappa shape index (κ3) is 5.94. The fourth-order valence-corrected chi connectivity index (χ4v) is 2.57. The molecule has 0 atom stereocenters. The number of hydrazone groups is 1. The normalized spacial score (nSPS) is 10.7. The van der Waals surface area contributed by atoms with Gasteiger partial charge in [-0.1, -0.05) is 42.3 Å². The molecule has 0 bridgehead atoms. The number of rotatable bonds is 6. The molecule has 0 heterocycles. The second kappa shape index (κ2) is 9.89. The molecule has 0 saturated carbocycles. The van der Waals surface area contributed by atoms with Crippen LogP contribution in [0.5, 0.6) is 5.75 Å². The number of halogens is 3. The Kier molecular flexibility index (Phi) is 7.57. The van der Waals surface area contributed by atoms with E-state index in [9.17, 15) is 14.0 Å². The van der Waals surface area contributed by atoms with Crippen molar-refractivity contribution in [2.75, 3.05) is 11.9 Å². The SMILES string of the molecule is CCCOc1c(Cl)cc(/C=N\NC(=O)C(=O)Nc2ccccc2F)cc1Cl. The van der Waals surface area contributed by atoms with Gasteiger partial charge in [-0.15, -0.1) is 0 Å². The van der Waals surface area contributed by atoms with Gasteiger partial charge in [0.2, 0.25) is 0 Å². The van der Waals surface area contributed by atoms with Crippen molar-refractivity contribution in [3.05, 3.63) is 57.8 Å². The standard InChI is InChI=1S/C18H16Cl2FN3O3/c1-2-7-27-16-12(19)8-11(9-13(16)20)10-22-24-18(26)17(25)23-15-6-4-3-5-14(15)21/h3-6,8-10H,2,7H2,1H3,(H,23,25)(H,24,26)/b22-10-. The molecule has 0 unspecified atom stereocenters. The number of nitrogens with zero attached hydrogens (tertiary/aromatic N) is 1. The summed E-state index contributed by atoms with van der Waals surface area (Å²) < 4.78 is 18.9. The zero-order valence-corrected chi connectivity index (χ0v) is 15.8. The molecule has 0 radical (unpaired) electrons. The number of hydrogen-bond acceptors (Lipinski definition) is 4. The second-order valence-corrected chi connectivity index (χ2v) is 6.11. The van der Waals surface area contributed by atoms with Crippen molar-refractivity contribution in [2.24, 2.45) is 5.10 Å². The van der Waals surface area contributed by atoms with Gasteiger partial charge in [0.05, 0.1) is 28.6 Å². The van der Waals surface area contributed by atoms with Crippen molar-refractivity contribution in [3.63, 3.8) is 0 Å². The molecule has 9 heteroatoms. The number of nitrogens with one attached hydrogen (secondary N) is 2. The number of carbonyl (C=O) groups excluding carboxylic acids is 2. The van der Waals surface area contributed by atoms with Crippen LogP contribution in [0.25, 0.3) is 0 Å². The largest absolute Gasteiger partial charge is 0.490 e. The maximum Gasteiger partial charge on any atom is 0.329 e. The molecular weight excluding hydrogens is 396 g/mol. The molecule has 0 fully saturated rings.